The molecule has 0 bridgehead atoms. The van der Waals surface area contributed by atoms with Gasteiger partial charge >= 0.3 is 11.9 Å². The summed E-state index contributed by atoms with van der Waals surface area (Å²) in [5, 5.41) is 9.50. The summed E-state index contributed by atoms with van der Waals surface area (Å²) in [6.07, 6.45) is -0.982. The maximum absolute atomic E-state index is 11.1. The average molecular weight is 233 g/mol. The predicted octanol–water partition coefficient (Wildman–Crippen LogP) is -0.419. The van der Waals surface area contributed by atoms with Gasteiger partial charge in [0.2, 0.25) is 0 Å². The largest absolute Gasteiger partial charge is 0.466 e. The highest BCUT2D eigenvalue weighted by Crippen LogP contribution is 2.04. The van der Waals surface area contributed by atoms with Gasteiger partial charge in [-0.05, 0) is 20.3 Å². The van der Waals surface area contributed by atoms with Crippen LogP contribution in [0.3, 0.4) is 0 Å². The lowest BCUT2D eigenvalue weighted by molar-refractivity contribution is -0.149. The van der Waals surface area contributed by atoms with Gasteiger partial charge in [-0.1, -0.05) is 0 Å². The van der Waals surface area contributed by atoms with Crippen molar-refractivity contribution >= 4 is 11.9 Å². The monoisotopic (exact) mass is 233 g/mol. The van der Waals surface area contributed by atoms with Crippen molar-refractivity contribution in [2.45, 2.75) is 38.8 Å². The molecule has 0 aliphatic rings. The molecule has 16 heavy (non-hydrogen) atoms. The molecular formula is C10H19NO5. The Morgan fingerprint density at radius 2 is 1.81 bits per heavy atom. The molecule has 2 unspecified atom stereocenters. The van der Waals surface area contributed by atoms with E-state index in [1.807, 2.05) is 0 Å². The summed E-state index contributed by atoms with van der Waals surface area (Å²) < 4.78 is 9.31. The minimum atomic E-state index is -1.12. The molecule has 0 aromatic carbocycles. The van der Waals surface area contributed by atoms with E-state index in [2.05, 4.69) is 9.47 Å². The summed E-state index contributed by atoms with van der Waals surface area (Å²) in [5.41, 5.74) is 5.43. The fourth-order valence-electron chi connectivity index (χ4n) is 1.07. The van der Waals surface area contributed by atoms with Crippen LogP contribution < -0.4 is 5.73 Å². The summed E-state index contributed by atoms with van der Waals surface area (Å²) in [6.45, 7) is 3.84. The van der Waals surface area contributed by atoms with E-state index < -0.39 is 24.1 Å². The lowest BCUT2D eigenvalue weighted by Gasteiger charge is -2.16. The van der Waals surface area contributed by atoms with E-state index in [1.165, 1.54) is 0 Å². The fraction of sp³-hybridized carbons (Fsp3) is 0.800. The topological polar surface area (TPSA) is 98.9 Å². The molecule has 0 amide bonds. The Labute approximate surface area is 94.7 Å². The first-order valence-corrected chi connectivity index (χ1v) is 5.28. The van der Waals surface area contributed by atoms with Gasteiger partial charge in [0.15, 0.2) is 0 Å². The number of carbonyl (C=O) groups excluding carboxylic acids is 2. The summed E-state index contributed by atoms with van der Waals surface area (Å²) in [7, 11) is 0. The summed E-state index contributed by atoms with van der Waals surface area (Å²) in [5.74, 6) is -1.09. The first-order chi connectivity index (χ1) is 7.52. The van der Waals surface area contributed by atoms with Crippen molar-refractivity contribution in [3.05, 3.63) is 0 Å². The zero-order chi connectivity index (χ0) is 12.6. The zero-order valence-corrected chi connectivity index (χ0v) is 9.64. The second-order valence-electron chi connectivity index (χ2n) is 3.19. The van der Waals surface area contributed by atoms with Crippen LogP contribution in [-0.4, -0.2) is 42.4 Å². The van der Waals surface area contributed by atoms with Gasteiger partial charge in [-0.3, -0.25) is 9.59 Å². The molecule has 0 aliphatic heterocycles. The quantitative estimate of drug-likeness (QED) is 0.579. The SMILES string of the molecule is CCOC(=O)CCC(O)C(N)C(=O)OCC. The molecule has 2 atom stereocenters. The van der Waals surface area contributed by atoms with Gasteiger partial charge in [-0.15, -0.1) is 0 Å². The van der Waals surface area contributed by atoms with Crippen LogP contribution in [0.25, 0.3) is 0 Å². The standard InChI is InChI=1S/C10H19NO5/c1-3-15-8(13)6-5-7(12)9(11)10(14)16-4-2/h7,9,12H,3-6,11H2,1-2H3. The highest BCUT2D eigenvalue weighted by atomic mass is 16.5. The molecule has 0 spiro atoms. The van der Waals surface area contributed by atoms with Crippen LogP contribution in [0.2, 0.25) is 0 Å². The minimum Gasteiger partial charge on any atom is -0.466 e. The molecule has 94 valence electrons. The highest BCUT2D eigenvalue weighted by molar-refractivity contribution is 5.76. The van der Waals surface area contributed by atoms with Crippen molar-refractivity contribution in [3.63, 3.8) is 0 Å². The average Bonchev–Trinajstić information content (AvgIpc) is 2.25. The molecule has 0 radical (unpaired) electrons. The van der Waals surface area contributed by atoms with E-state index in [1.54, 1.807) is 13.8 Å². The van der Waals surface area contributed by atoms with Gasteiger partial charge in [0.05, 0.1) is 19.3 Å². The van der Waals surface area contributed by atoms with Crippen LogP contribution in [0.1, 0.15) is 26.7 Å². The fourth-order valence-corrected chi connectivity index (χ4v) is 1.07. The van der Waals surface area contributed by atoms with Gasteiger partial charge in [0.25, 0.3) is 0 Å². The van der Waals surface area contributed by atoms with Crippen molar-refractivity contribution in [2.24, 2.45) is 5.73 Å². The van der Waals surface area contributed by atoms with Crippen LogP contribution >= 0.6 is 0 Å². The molecule has 0 aliphatic carbocycles. The number of ether oxygens (including phenoxy) is 2. The zero-order valence-electron chi connectivity index (χ0n) is 9.64. The van der Waals surface area contributed by atoms with Gasteiger partial charge in [0.1, 0.15) is 6.04 Å². The molecule has 0 saturated heterocycles. The third-order valence-electron chi connectivity index (χ3n) is 1.92. The molecule has 0 aromatic rings. The molecule has 3 N–H and O–H groups in total. The lowest BCUT2D eigenvalue weighted by Crippen LogP contribution is -2.43. The number of carbonyl (C=O) groups is 2. The van der Waals surface area contributed by atoms with Gasteiger partial charge < -0.3 is 20.3 Å². The van der Waals surface area contributed by atoms with Crippen molar-refractivity contribution < 1.29 is 24.2 Å². The second kappa shape index (κ2) is 8.06. The predicted molar refractivity (Wildman–Crippen MR) is 56.5 cm³/mol. The Morgan fingerprint density at radius 3 is 2.31 bits per heavy atom. The molecular weight excluding hydrogens is 214 g/mol. The van der Waals surface area contributed by atoms with Crippen LogP contribution in [-0.2, 0) is 19.1 Å². The molecule has 0 heterocycles. The molecule has 0 saturated carbocycles. The van der Waals surface area contributed by atoms with Crippen molar-refractivity contribution in [2.75, 3.05) is 13.2 Å². The third kappa shape index (κ3) is 5.67. The molecule has 0 rings (SSSR count). The van der Waals surface area contributed by atoms with Crippen LogP contribution in [0.4, 0.5) is 0 Å². The molecule has 6 heteroatoms. The van der Waals surface area contributed by atoms with Crippen molar-refractivity contribution in [1.82, 2.24) is 0 Å². The van der Waals surface area contributed by atoms with Crippen molar-refractivity contribution in [3.8, 4) is 0 Å². The Morgan fingerprint density at radius 1 is 1.25 bits per heavy atom. The van der Waals surface area contributed by atoms with E-state index in [9.17, 15) is 14.7 Å². The van der Waals surface area contributed by atoms with Crippen LogP contribution in [0.15, 0.2) is 0 Å². The van der Waals surface area contributed by atoms with E-state index >= 15 is 0 Å². The minimum absolute atomic E-state index is 0.0299. The Bertz CT molecular complexity index is 231. The maximum atomic E-state index is 11.1. The number of esters is 2. The number of aliphatic hydroxyl groups excluding tert-OH is 1. The number of nitrogens with two attached hydrogens (primary N) is 1. The highest BCUT2D eigenvalue weighted by Gasteiger charge is 2.24. The first kappa shape index (κ1) is 14.9. The third-order valence-corrected chi connectivity index (χ3v) is 1.92. The second-order valence-corrected chi connectivity index (χ2v) is 3.19. The molecule has 6 nitrogen and oxygen atoms in total. The van der Waals surface area contributed by atoms with Gasteiger partial charge in [0, 0.05) is 6.42 Å². The Hall–Kier alpha value is -1.14. The van der Waals surface area contributed by atoms with Crippen LogP contribution in [0, 0.1) is 0 Å². The number of hydrogen-bond donors (Lipinski definition) is 2. The summed E-state index contributed by atoms with van der Waals surface area (Å²) in [4.78, 5) is 22.1. The normalized spacial score (nSPS) is 14.0. The van der Waals surface area contributed by atoms with Gasteiger partial charge in [-0.2, -0.15) is 0 Å². The van der Waals surface area contributed by atoms with Crippen molar-refractivity contribution in [1.29, 1.82) is 0 Å². The smallest absolute Gasteiger partial charge is 0.325 e. The Balaban J connectivity index is 3.91. The Kier molecular flexibility index (Phi) is 7.49. The summed E-state index contributed by atoms with van der Waals surface area (Å²) in [6, 6.07) is -1.12. The number of rotatable bonds is 7. The summed E-state index contributed by atoms with van der Waals surface area (Å²) >= 11 is 0. The van der Waals surface area contributed by atoms with Crippen LogP contribution in [0.5, 0.6) is 0 Å². The van der Waals surface area contributed by atoms with Gasteiger partial charge in [-0.25, -0.2) is 0 Å². The van der Waals surface area contributed by atoms with E-state index in [0.29, 0.717) is 6.61 Å². The molecule has 0 fully saturated rings. The number of aliphatic hydroxyl groups is 1. The van der Waals surface area contributed by atoms with E-state index in [0.717, 1.165) is 0 Å². The number of hydrogen-bond acceptors (Lipinski definition) is 6. The lowest BCUT2D eigenvalue weighted by atomic mass is 10.1. The first-order valence-electron chi connectivity index (χ1n) is 5.28. The van der Waals surface area contributed by atoms with E-state index in [4.69, 9.17) is 5.73 Å². The molecule has 0 aromatic heterocycles. The maximum Gasteiger partial charge on any atom is 0.325 e. The van der Waals surface area contributed by atoms with E-state index in [-0.39, 0.29) is 19.4 Å².